The molecule has 4 rings (SSSR count). The molecule has 0 saturated carbocycles. The average molecular weight is 449 g/mol. The van der Waals surface area contributed by atoms with Gasteiger partial charge < -0.3 is 29.6 Å². The molecule has 0 amide bonds. The van der Waals surface area contributed by atoms with E-state index < -0.39 is 6.10 Å². The Kier molecular flexibility index (Phi) is 7.37. The van der Waals surface area contributed by atoms with Gasteiger partial charge in [0, 0.05) is 35.1 Å². The number of para-hydroxylation sites is 1. The van der Waals surface area contributed by atoms with Crippen LogP contribution in [0, 0.1) is 5.92 Å². The van der Waals surface area contributed by atoms with Gasteiger partial charge in [0.1, 0.15) is 30.8 Å². The highest BCUT2D eigenvalue weighted by molar-refractivity contribution is 6.10. The number of H-pyrrole nitrogens is 1. The Hall–Kier alpha value is -3.22. The second-order valence-corrected chi connectivity index (χ2v) is 8.68. The van der Waals surface area contributed by atoms with E-state index in [2.05, 4.69) is 35.9 Å². The van der Waals surface area contributed by atoms with Gasteiger partial charge >= 0.3 is 0 Å². The molecule has 0 saturated heterocycles. The summed E-state index contributed by atoms with van der Waals surface area (Å²) in [6.45, 7) is 6.04. The van der Waals surface area contributed by atoms with Crippen LogP contribution in [0.15, 0.2) is 66.7 Å². The van der Waals surface area contributed by atoms with Gasteiger partial charge in [-0.05, 0) is 48.4 Å². The Morgan fingerprint density at radius 3 is 2.39 bits per heavy atom. The van der Waals surface area contributed by atoms with Gasteiger partial charge in [0.05, 0.1) is 12.1 Å². The van der Waals surface area contributed by atoms with Crippen LogP contribution in [-0.4, -0.2) is 54.2 Å². The van der Waals surface area contributed by atoms with E-state index in [4.69, 9.17) is 14.6 Å². The number of aromatic amines is 1. The highest BCUT2D eigenvalue weighted by Gasteiger charge is 2.16. The number of anilines is 1. The van der Waals surface area contributed by atoms with Crippen LogP contribution in [0.4, 0.5) is 5.69 Å². The van der Waals surface area contributed by atoms with Crippen molar-refractivity contribution in [2.24, 2.45) is 5.92 Å². The van der Waals surface area contributed by atoms with Crippen molar-refractivity contribution in [3.63, 3.8) is 0 Å². The third kappa shape index (κ3) is 5.59. The molecule has 0 radical (unpaired) electrons. The van der Waals surface area contributed by atoms with Gasteiger partial charge in [0.15, 0.2) is 0 Å². The maximum atomic E-state index is 10.8. The lowest BCUT2D eigenvalue weighted by Crippen LogP contribution is -2.37. The number of aromatic nitrogens is 1. The Balaban J connectivity index is 1.45. The number of hydrogen-bond donors (Lipinski definition) is 3. The molecule has 0 spiro atoms. The van der Waals surface area contributed by atoms with E-state index in [0.29, 0.717) is 18.2 Å². The minimum atomic E-state index is -0.658. The van der Waals surface area contributed by atoms with Crippen LogP contribution in [-0.2, 0) is 0 Å². The zero-order valence-corrected chi connectivity index (χ0v) is 19.2. The molecule has 174 valence electrons. The summed E-state index contributed by atoms with van der Waals surface area (Å²) in [6.07, 6.45) is -0.658. The number of fused-ring (bicyclic) bond motifs is 3. The topological polar surface area (TPSA) is 78.0 Å². The number of hydrogen-bond acceptors (Lipinski definition) is 5. The van der Waals surface area contributed by atoms with Gasteiger partial charge in [-0.15, -0.1) is 0 Å². The number of aliphatic hydroxyl groups excluding tert-OH is 2. The summed E-state index contributed by atoms with van der Waals surface area (Å²) in [4.78, 5) is 5.59. The number of nitrogens with one attached hydrogen (secondary N) is 1. The summed E-state index contributed by atoms with van der Waals surface area (Å²) >= 11 is 0. The maximum absolute atomic E-state index is 10.8. The van der Waals surface area contributed by atoms with Crippen molar-refractivity contribution in [2.75, 3.05) is 37.8 Å². The lowest BCUT2D eigenvalue weighted by Gasteiger charge is -2.29. The van der Waals surface area contributed by atoms with Gasteiger partial charge in [-0.25, -0.2) is 0 Å². The number of rotatable bonds is 11. The largest absolute Gasteiger partial charge is 0.491 e. The second kappa shape index (κ2) is 10.6. The first-order valence-electron chi connectivity index (χ1n) is 11.4. The first-order chi connectivity index (χ1) is 16.0. The summed E-state index contributed by atoms with van der Waals surface area (Å²) in [5.74, 6) is 1.92. The minimum Gasteiger partial charge on any atom is -0.491 e. The van der Waals surface area contributed by atoms with Crippen molar-refractivity contribution in [1.82, 2.24) is 4.98 Å². The van der Waals surface area contributed by atoms with Crippen LogP contribution < -0.4 is 14.4 Å². The van der Waals surface area contributed by atoms with Crippen molar-refractivity contribution in [2.45, 2.75) is 20.0 Å². The highest BCUT2D eigenvalue weighted by atomic mass is 16.5. The predicted octanol–water partition coefficient (Wildman–Crippen LogP) is 4.59. The fourth-order valence-corrected chi connectivity index (χ4v) is 4.12. The average Bonchev–Trinajstić information content (AvgIpc) is 3.20. The van der Waals surface area contributed by atoms with E-state index in [9.17, 15) is 5.11 Å². The van der Waals surface area contributed by atoms with E-state index in [1.165, 1.54) is 0 Å². The van der Waals surface area contributed by atoms with Gasteiger partial charge in [0.25, 0.3) is 0 Å². The zero-order valence-electron chi connectivity index (χ0n) is 19.2. The van der Waals surface area contributed by atoms with Crippen LogP contribution in [0.25, 0.3) is 21.8 Å². The monoisotopic (exact) mass is 448 g/mol. The number of nitrogens with zero attached hydrogens (tertiary/aromatic N) is 1. The molecule has 4 aromatic rings. The molecule has 6 nitrogen and oxygen atoms in total. The third-order valence-corrected chi connectivity index (χ3v) is 5.50. The molecule has 3 aromatic carbocycles. The van der Waals surface area contributed by atoms with Crippen LogP contribution >= 0.6 is 0 Å². The SMILES string of the molecule is CC(C)CN(C[C@H](O)COc1cccc2[nH]c3ccccc3c12)c1ccc(OCCO)cc1. The first kappa shape index (κ1) is 23.0. The quantitative estimate of drug-likeness (QED) is 0.313. The molecular weight excluding hydrogens is 416 g/mol. The smallest absolute Gasteiger partial charge is 0.129 e. The van der Waals surface area contributed by atoms with Crippen molar-refractivity contribution in [1.29, 1.82) is 0 Å². The van der Waals surface area contributed by atoms with E-state index in [1.54, 1.807) is 0 Å². The summed E-state index contributed by atoms with van der Waals surface area (Å²) in [5, 5.41) is 21.9. The summed E-state index contributed by atoms with van der Waals surface area (Å²) in [7, 11) is 0. The fraction of sp³-hybridized carbons (Fsp3) is 0.333. The fourth-order valence-electron chi connectivity index (χ4n) is 4.12. The molecule has 1 atom stereocenters. The molecular formula is C27H32N2O4. The highest BCUT2D eigenvalue weighted by Crippen LogP contribution is 2.33. The molecule has 1 aromatic heterocycles. The molecule has 6 heteroatoms. The van der Waals surface area contributed by atoms with Crippen LogP contribution in [0.1, 0.15) is 13.8 Å². The summed E-state index contributed by atoms with van der Waals surface area (Å²) in [5.41, 5.74) is 3.10. The zero-order chi connectivity index (χ0) is 23.2. The summed E-state index contributed by atoms with van der Waals surface area (Å²) in [6, 6.07) is 21.9. The Bertz CT molecular complexity index is 1170. The molecule has 33 heavy (non-hydrogen) atoms. The maximum Gasteiger partial charge on any atom is 0.129 e. The number of benzene rings is 3. The Morgan fingerprint density at radius 2 is 1.64 bits per heavy atom. The molecule has 0 unspecified atom stereocenters. The molecule has 1 heterocycles. The standard InChI is InChI=1S/C27H32N2O4/c1-19(2)16-29(20-10-12-22(13-11-20)32-15-14-30)17-21(31)18-33-26-9-5-8-25-27(26)23-6-3-4-7-24(23)28-25/h3-13,19,21,28,30-31H,14-18H2,1-2H3/t21-/m0/s1. The van der Waals surface area contributed by atoms with Crippen LogP contribution in [0.5, 0.6) is 11.5 Å². The van der Waals surface area contributed by atoms with Crippen LogP contribution in [0.2, 0.25) is 0 Å². The summed E-state index contributed by atoms with van der Waals surface area (Å²) < 4.78 is 11.6. The molecule has 0 bridgehead atoms. The number of ether oxygens (including phenoxy) is 2. The van der Waals surface area contributed by atoms with E-state index >= 15 is 0 Å². The Labute approximate surface area is 194 Å². The van der Waals surface area contributed by atoms with Crippen LogP contribution in [0.3, 0.4) is 0 Å². The normalized spacial score (nSPS) is 12.4. The van der Waals surface area contributed by atoms with Gasteiger partial charge in [-0.2, -0.15) is 0 Å². The lowest BCUT2D eigenvalue weighted by atomic mass is 10.1. The lowest BCUT2D eigenvalue weighted by molar-refractivity contribution is 0.112. The van der Waals surface area contributed by atoms with Gasteiger partial charge in [-0.3, -0.25) is 0 Å². The van der Waals surface area contributed by atoms with E-state index in [0.717, 1.165) is 39.8 Å². The van der Waals surface area contributed by atoms with Crippen molar-refractivity contribution < 1.29 is 19.7 Å². The van der Waals surface area contributed by atoms with Crippen molar-refractivity contribution in [3.05, 3.63) is 66.7 Å². The van der Waals surface area contributed by atoms with E-state index in [-0.39, 0.29) is 19.8 Å². The van der Waals surface area contributed by atoms with Crippen molar-refractivity contribution >= 4 is 27.5 Å². The number of aliphatic hydroxyl groups is 2. The molecule has 0 aliphatic carbocycles. The molecule has 0 fully saturated rings. The molecule has 0 aliphatic heterocycles. The molecule has 0 aliphatic rings. The van der Waals surface area contributed by atoms with Gasteiger partial charge in [-0.1, -0.05) is 38.1 Å². The van der Waals surface area contributed by atoms with Crippen molar-refractivity contribution in [3.8, 4) is 11.5 Å². The van der Waals surface area contributed by atoms with Gasteiger partial charge in [0.2, 0.25) is 0 Å². The third-order valence-electron chi connectivity index (χ3n) is 5.50. The second-order valence-electron chi connectivity index (χ2n) is 8.68. The first-order valence-corrected chi connectivity index (χ1v) is 11.4. The Morgan fingerprint density at radius 1 is 0.879 bits per heavy atom. The molecule has 3 N–H and O–H groups in total. The minimum absolute atomic E-state index is 0.0142. The predicted molar refractivity (Wildman–Crippen MR) is 133 cm³/mol. The van der Waals surface area contributed by atoms with E-state index in [1.807, 2.05) is 54.6 Å².